The van der Waals surface area contributed by atoms with E-state index in [1.165, 1.54) is 45.8 Å². The second-order valence-corrected chi connectivity index (χ2v) is 10.5. The van der Waals surface area contributed by atoms with E-state index in [4.69, 9.17) is 10.5 Å². The van der Waals surface area contributed by atoms with Crippen molar-refractivity contribution in [3.8, 4) is 5.75 Å². The summed E-state index contributed by atoms with van der Waals surface area (Å²) >= 11 is 0. The third kappa shape index (κ3) is 5.42. The van der Waals surface area contributed by atoms with Crippen molar-refractivity contribution in [2.24, 2.45) is 11.7 Å². The molecule has 0 heterocycles. The minimum Gasteiger partial charge on any atom is -0.507 e. The second-order valence-electron chi connectivity index (χ2n) is 10.5. The monoisotopic (exact) mass is 542 g/mol. The Kier molecular flexibility index (Phi) is 8.59. The summed E-state index contributed by atoms with van der Waals surface area (Å²) in [5, 5.41) is 39.2. The van der Waals surface area contributed by atoms with Gasteiger partial charge >= 0.3 is 12.0 Å². The van der Waals surface area contributed by atoms with Gasteiger partial charge in [0.25, 0.3) is 0 Å². The largest absolute Gasteiger partial charge is 0.507 e. The molecule has 3 rings (SSSR count). The number of anilines is 1. The fraction of sp³-hybridized carbons (Fsp3) is 0.464. The summed E-state index contributed by atoms with van der Waals surface area (Å²) in [6, 6.07) is 8.76. The van der Waals surface area contributed by atoms with E-state index in [0.717, 1.165) is 0 Å². The van der Waals surface area contributed by atoms with Gasteiger partial charge in [0.1, 0.15) is 16.9 Å². The first kappa shape index (κ1) is 29.9. The highest BCUT2D eigenvalue weighted by Gasteiger charge is 2.69. The molecule has 7 N–H and O–H groups in total. The quantitative estimate of drug-likeness (QED) is 0.214. The highest BCUT2D eigenvalue weighted by molar-refractivity contribution is 5.95. The fourth-order valence-electron chi connectivity index (χ4n) is 5.46. The second kappa shape index (κ2) is 11.2. The summed E-state index contributed by atoms with van der Waals surface area (Å²) in [6.07, 6.45) is -1.33. The van der Waals surface area contributed by atoms with E-state index >= 15 is 0 Å². The Morgan fingerprint density at radius 2 is 1.82 bits per heavy atom. The number of rotatable bonds is 8. The Bertz CT molecular complexity index is 1230. The maximum absolute atomic E-state index is 13.0. The molecule has 0 radical (unpaired) electrons. The van der Waals surface area contributed by atoms with Crippen LogP contribution in [-0.4, -0.2) is 88.0 Å². The summed E-state index contributed by atoms with van der Waals surface area (Å²) < 4.78 is 5.60. The molecule has 1 saturated carbocycles. The van der Waals surface area contributed by atoms with Gasteiger partial charge in [-0.25, -0.2) is 9.59 Å². The minimum absolute atomic E-state index is 0.0131. The van der Waals surface area contributed by atoms with Crippen LogP contribution in [0.5, 0.6) is 5.75 Å². The van der Waals surface area contributed by atoms with Gasteiger partial charge < -0.3 is 41.3 Å². The minimum atomic E-state index is -1.91. The van der Waals surface area contributed by atoms with E-state index in [0.29, 0.717) is 16.8 Å². The standard InChI is InChI=1S/C28H38N4O7/c1-15-9-7-12-21(35)22(15)25(36)39-14-20-23(30-19-11-8-10-18(13-19)16(2)33)24(29)28(17(3)34,27(20,4)38)31-26(37)32(5)6/h7-13,17,20,23-24,30,34-35,38H,14,29H2,1-6H3,(H,31,37)/t17-,20-,23+,24-,27-,28-/m0/s1. The summed E-state index contributed by atoms with van der Waals surface area (Å²) in [7, 11) is 3.02. The number of nitrogens with one attached hydrogen (secondary N) is 2. The molecule has 2 aromatic carbocycles. The average molecular weight is 543 g/mol. The van der Waals surface area contributed by atoms with E-state index in [9.17, 15) is 29.7 Å². The molecule has 0 saturated heterocycles. The van der Waals surface area contributed by atoms with E-state index in [-0.39, 0.29) is 23.7 Å². The molecule has 39 heavy (non-hydrogen) atoms. The molecule has 212 valence electrons. The third-order valence-electron chi connectivity index (χ3n) is 7.74. The summed E-state index contributed by atoms with van der Waals surface area (Å²) in [5.74, 6) is -2.16. The molecule has 0 unspecified atom stereocenters. The molecule has 11 heteroatoms. The van der Waals surface area contributed by atoms with E-state index in [2.05, 4.69) is 10.6 Å². The van der Waals surface area contributed by atoms with E-state index in [1.807, 2.05) is 0 Å². The van der Waals surface area contributed by atoms with Crippen molar-refractivity contribution in [3.63, 3.8) is 0 Å². The van der Waals surface area contributed by atoms with Crippen molar-refractivity contribution in [3.05, 3.63) is 59.2 Å². The number of hydrogen-bond donors (Lipinski definition) is 6. The van der Waals surface area contributed by atoms with Crippen LogP contribution in [-0.2, 0) is 4.74 Å². The van der Waals surface area contributed by atoms with Crippen molar-refractivity contribution in [1.82, 2.24) is 10.2 Å². The van der Waals surface area contributed by atoms with Crippen LogP contribution in [0.4, 0.5) is 10.5 Å². The number of nitrogens with zero attached hydrogens (tertiary/aromatic N) is 1. The Hall–Kier alpha value is -3.67. The number of Topliss-reactive ketones (excluding diaryl/α,β-unsaturated/α-hetero) is 1. The number of aliphatic hydroxyl groups is 2. The van der Waals surface area contributed by atoms with Gasteiger partial charge in [0.15, 0.2) is 5.78 Å². The topological polar surface area (TPSA) is 174 Å². The number of phenolic OH excluding ortho intramolecular Hbond substituents is 1. The zero-order chi connectivity index (χ0) is 29.3. The molecule has 0 bridgehead atoms. The number of amides is 2. The summed E-state index contributed by atoms with van der Waals surface area (Å²) in [5.41, 5.74) is 4.48. The first-order chi connectivity index (χ1) is 18.1. The molecule has 0 spiro atoms. The molecule has 1 fully saturated rings. The first-order valence-corrected chi connectivity index (χ1v) is 12.6. The third-order valence-corrected chi connectivity index (χ3v) is 7.74. The maximum Gasteiger partial charge on any atom is 0.342 e. The lowest BCUT2D eigenvalue weighted by Gasteiger charge is -2.47. The molecular formula is C28H38N4O7. The van der Waals surface area contributed by atoms with Crippen molar-refractivity contribution in [1.29, 1.82) is 0 Å². The number of benzene rings is 2. The van der Waals surface area contributed by atoms with Gasteiger partial charge in [-0.05, 0) is 51.5 Å². The smallest absolute Gasteiger partial charge is 0.342 e. The lowest BCUT2D eigenvalue weighted by molar-refractivity contribution is -0.102. The summed E-state index contributed by atoms with van der Waals surface area (Å²) in [6.45, 7) is 5.55. The number of aromatic hydroxyl groups is 1. The molecular weight excluding hydrogens is 504 g/mol. The maximum atomic E-state index is 13.0. The molecule has 0 aliphatic heterocycles. The zero-order valence-electron chi connectivity index (χ0n) is 23.1. The Balaban J connectivity index is 2.06. The van der Waals surface area contributed by atoms with Gasteiger partial charge in [0.2, 0.25) is 0 Å². The molecule has 0 aromatic heterocycles. The number of aryl methyl sites for hydroxylation is 1. The lowest BCUT2D eigenvalue weighted by atomic mass is 9.75. The van der Waals surface area contributed by atoms with Gasteiger partial charge in [0.05, 0.1) is 30.4 Å². The first-order valence-electron chi connectivity index (χ1n) is 12.6. The predicted molar refractivity (Wildman–Crippen MR) is 146 cm³/mol. The van der Waals surface area contributed by atoms with Crippen molar-refractivity contribution < 1.29 is 34.4 Å². The number of ether oxygens (including phenoxy) is 1. The van der Waals surface area contributed by atoms with Gasteiger partial charge in [-0.2, -0.15) is 0 Å². The van der Waals surface area contributed by atoms with Crippen LogP contribution in [0.2, 0.25) is 0 Å². The van der Waals surface area contributed by atoms with E-state index < -0.39 is 47.2 Å². The van der Waals surface area contributed by atoms with E-state index in [1.54, 1.807) is 43.3 Å². The lowest BCUT2D eigenvalue weighted by Crippen LogP contribution is -2.74. The molecule has 1 aliphatic rings. The molecule has 11 nitrogen and oxygen atoms in total. The van der Waals surface area contributed by atoms with Crippen LogP contribution in [0.15, 0.2) is 42.5 Å². The Labute approximate surface area is 228 Å². The number of ketones is 1. The summed E-state index contributed by atoms with van der Waals surface area (Å²) in [4.78, 5) is 39.0. The normalized spacial score (nSPS) is 26.9. The number of nitrogens with two attached hydrogens (primary N) is 1. The number of carbonyl (C=O) groups excluding carboxylic acids is 3. The van der Waals surface area contributed by atoms with Crippen molar-refractivity contribution >= 4 is 23.5 Å². The number of aliphatic hydroxyl groups excluding tert-OH is 1. The fourth-order valence-corrected chi connectivity index (χ4v) is 5.46. The van der Waals surface area contributed by atoms with Crippen LogP contribution in [0.25, 0.3) is 0 Å². The number of carbonyl (C=O) groups is 3. The zero-order valence-corrected chi connectivity index (χ0v) is 23.1. The van der Waals surface area contributed by atoms with Crippen molar-refractivity contribution in [2.45, 2.75) is 57.0 Å². The van der Waals surface area contributed by atoms with Crippen molar-refractivity contribution in [2.75, 3.05) is 26.0 Å². The number of hydrogen-bond acceptors (Lipinski definition) is 9. The van der Waals surface area contributed by atoms with Crippen LogP contribution < -0.4 is 16.4 Å². The molecule has 6 atom stereocenters. The number of phenols is 1. The molecule has 2 aromatic rings. The molecule has 2 amide bonds. The van der Waals surface area contributed by atoms with Crippen LogP contribution >= 0.6 is 0 Å². The molecule has 1 aliphatic carbocycles. The number of esters is 1. The van der Waals surface area contributed by atoms with Gasteiger partial charge in [-0.15, -0.1) is 0 Å². The Morgan fingerprint density at radius 1 is 1.18 bits per heavy atom. The number of urea groups is 1. The Morgan fingerprint density at radius 3 is 2.38 bits per heavy atom. The van der Waals surface area contributed by atoms with Gasteiger partial charge in [-0.3, -0.25) is 4.79 Å². The van der Waals surface area contributed by atoms with Gasteiger partial charge in [0, 0.05) is 31.3 Å². The van der Waals surface area contributed by atoms with Crippen LogP contribution in [0.3, 0.4) is 0 Å². The highest BCUT2D eigenvalue weighted by Crippen LogP contribution is 2.47. The average Bonchev–Trinajstić information content (AvgIpc) is 3.00. The van der Waals surface area contributed by atoms with Crippen LogP contribution in [0.1, 0.15) is 47.1 Å². The van der Waals surface area contributed by atoms with Crippen LogP contribution in [0, 0.1) is 12.8 Å². The SMILES string of the molecule is CC(=O)c1cccc(N[C@H]2[C@H](N)[C@@](NC(=O)N(C)C)([C@H](C)O)[C@@](C)(O)[C@H]2COC(=O)c2c(C)cccc2O)c1. The van der Waals surface area contributed by atoms with Gasteiger partial charge in [-0.1, -0.05) is 24.3 Å². The predicted octanol–water partition coefficient (Wildman–Crippen LogP) is 1.64. The highest BCUT2D eigenvalue weighted by atomic mass is 16.5.